The van der Waals surface area contributed by atoms with Crippen molar-refractivity contribution in [3.8, 4) is 5.75 Å². The molecule has 0 heterocycles. The zero-order valence-corrected chi connectivity index (χ0v) is 16.7. The SMILES string of the molecule is CCCCC(CN)NC(=O)c1ccc(OC)c(S(=O)(=O)N(C)C)c1.Cl. The van der Waals surface area contributed by atoms with Crippen molar-refractivity contribution >= 4 is 28.3 Å². The van der Waals surface area contributed by atoms with Crippen LogP contribution in [0, 0.1) is 0 Å². The van der Waals surface area contributed by atoms with Crippen molar-refractivity contribution in [1.29, 1.82) is 0 Å². The van der Waals surface area contributed by atoms with Crippen molar-refractivity contribution in [2.75, 3.05) is 27.7 Å². The standard InChI is InChI=1S/C16H27N3O4S.ClH/c1-5-6-7-13(11-17)18-16(20)12-8-9-14(23-4)15(10-12)24(21,22)19(2)3;/h8-10,13H,5-7,11,17H2,1-4H3,(H,18,20);1H. The molecule has 1 aromatic carbocycles. The molecule has 144 valence electrons. The first-order valence-corrected chi connectivity index (χ1v) is 9.33. The third kappa shape index (κ3) is 6.14. The number of sulfonamides is 1. The van der Waals surface area contributed by atoms with Gasteiger partial charge in [-0.3, -0.25) is 4.79 Å². The maximum Gasteiger partial charge on any atom is 0.251 e. The molecule has 1 aromatic rings. The van der Waals surface area contributed by atoms with E-state index in [1.165, 1.54) is 39.4 Å². The summed E-state index contributed by atoms with van der Waals surface area (Å²) in [5.41, 5.74) is 5.94. The number of ether oxygens (including phenoxy) is 1. The highest BCUT2D eigenvalue weighted by atomic mass is 35.5. The van der Waals surface area contributed by atoms with Crippen LogP contribution in [-0.2, 0) is 10.0 Å². The topological polar surface area (TPSA) is 102 Å². The fourth-order valence-electron chi connectivity index (χ4n) is 2.18. The van der Waals surface area contributed by atoms with Gasteiger partial charge in [0, 0.05) is 32.2 Å². The number of benzene rings is 1. The number of carbonyl (C=O) groups is 1. The van der Waals surface area contributed by atoms with Gasteiger partial charge in [0.1, 0.15) is 10.6 Å². The summed E-state index contributed by atoms with van der Waals surface area (Å²) in [6, 6.07) is 4.22. The van der Waals surface area contributed by atoms with E-state index in [1.807, 2.05) is 0 Å². The number of amides is 1. The van der Waals surface area contributed by atoms with E-state index in [0.717, 1.165) is 23.6 Å². The predicted octanol–water partition coefficient (Wildman–Crippen LogP) is 1.61. The number of hydrogen-bond acceptors (Lipinski definition) is 5. The molecular weight excluding hydrogens is 366 g/mol. The molecule has 0 radical (unpaired) electrons. The lowest BCUT2D eigenvalue weighted by Gasteiger charge is -2.18. The van der Waals surface area contributed by atoms with Crippen molar-refractivity contribution < 1.29 is 17.9 Å². The van der Waals surface area contributed by atoms with E-state index < -0.39 is 10.0 Å². The second-order valence-corrected chi connectivity index (χ2v) is 7.82. The number of rotatable bonds is 9. The molecule has 25 heavy (non-hydrogen) atoms. The molecule has 0 aliphatic carbocycles. The van der Waals surface area contributed by atoms with Crippen LogP contribution in [0.15, 0.2) is 23.1 Å². The number of methoxy groups -OCH3 is 1. The molecule has 0 spiro atoms. The number of nitrogens with two attached hydrogens (primary N) is 1. The third-order valence-electron chi connectivity index (χ3n) is 3.71. The zero-order valence-electron chi connectivity index (χ0n) is 15.1. The first-order valence-electron chi connectivity index (χ1n) is 7.89. The van der Waals surface area contributed by atoms with Crippen LogP contribution in [0.2, 0.25) is 0 Å². The monoisotopic (exact) mass is 393 g/mol. The summed E-state index contributed by atoms with van der Waals surface area (Å²) in [4.78, 5) is 12.4. The minimum absolute atomic E-state index is 0. The van der Waals surface area contributed by atoms with E-state index in [-0.39, 0.29) is 40.6 Å². The maximum atomic E-state index is 12.4. The number of hydrogen-bond donors (Lipinski definition) is 2. The Hall–Kier alpha value is -1.35. The highest BCUT2D eigenvalue weighted by Gasteiger charge is 2.24. The molecule has 1 amide bonds. The van der Waals surface area contributed by atoms with Crippen molar-refractivity contribution in [2.45, 2.75) is 37.1 Å². The third-order valence-corrected chi connectivity index (χ3v) is 5.55. The molecule has 9 heteroatoms. The Kier molecular flexibility index (Phi) is 10.0. The van der Waals surface area contributed by atoms with E-state index in [4.69, 9.17) is 10.5 Å². The highest BCUT2D eigenvalue weighted by Crippen LogP contribution is 2.26. The number of carbonyl (C=O) groups excluding carboxylic acids is 1. The Balaban J connectivity index is 0.00000576. The summed E-state index contributed by atoms with van der Waals surface area (Å²) >= 11 is 0. The van der Waals surface area contributed by atoms with Crippen molar-refractivity contribution in [3.05, 3.63) is 23.8 Å². The van der Waals surface area contributed by atoms with Gasteiger partial charge in [0.15, 0.2) is 0 Å². The second-order valence-electron chi connectivity index (χ2n) is 5.70. The first kappa shape index (κ1) is 23.6. The smallest absolute Gasteiger partial charge is 0.251 e. The highest BCUT2D eigenvalue weighted by molar-refractivity contribution is 7.89. The molecule has 1 rings (SSSR count). The Bertz CT molecular complexity index is 665. The van der Waals surface area contributed by atoms with Gasteiger partial charge in [0.25, 0.3) is 5.91 Å². The Morgan fingerprint density at radius 2 is 2.00 bits per heavy atom. The van der Waals surface area contributed by atoms with E-state index in [1.54, 1.807) is 0 Å². The summed E-state index contributed by atoms with van der Waals surface area (Å²) in [5.74, 6) is -0.152. The van der Waals surface area contributed by atoms with Crippen LogP contribution in [0.25, 0.3) is 0 Å². The Morgan fingerprint density at radius 1 is 1.36 bits per heavy atom. The number of nitrogens with zero attached hydrogens (tertiary/aromatic N) is 1. The molecule has 0 aliphatic rings. The number of unbranched alkanes of at least 4 members (excludes halogenated alkanes) is 1. The minimum Gasteiger partial charge on any atom is -0.495 e. The minimum atomic E-state index is -3.72. The van der Waals surface area contributed by atoms with E-state index in [9.17, 15) is 13.2 Å². The number of halogens is 1. The fourth-order valence-corrected chi connectivity index (χ4v) is 3.26. The van der Waals surface area contributed by atoms with E-state index in [0.29, 0.717) is 6.54 Å². The van der Waals surface area contributed by atoms with Gasteiger partial charge in [-0.2, -0.15) is 0 Å². The van der Waals surface area contributed by atoms with Gasteiger partial charge in [0.05, 0.1) is 7.11 Å². The van der Waals surface area contributed by atoms with Gasteiger partial charge >= 0.3 is 0 Å². The average molecular weight is 394 g/mol. The van der Waals surface area contributed by atoms with Crippen LogP contribution in [-0.4, -0.2) is 52.4 Å². The van der Waals surface area contributed by atoms with Gasteiger partial charge in [-0.1, -0.05) is 19.8 Å². The normalized spacial score (nSPS) is 12.4. The molecule has 3 N–H and O–H groups in total. The summed E-state index contributed by atoms with van der Waals surface area (Å²) < 4.78 is 31.0. The molecule has 0 saturated carbocycles. The first-order chi connectivity index (χ1) is 11.3. The molecule has 1 atom stereocenters. The van der Waals surface area contributed by atoms with Crippen LogP contribution in [0.5, 0.6) is 5.75 Å². The molecule has 0 aromatic heterocycles. The molecule has 1 unspecified atom stereocenters. The lowest BCUT2D eigenvalue weighted by atomic mass is 10.1. The lowest BCUT2D eigenvalue weighted by molar-refractivity contribution is 0.0935. The van der Waals surface area contributed by atoms with Crippen LogP contribution in [0.1, 0.15) is 36.5 Å². The van der Waals surface area contributed by atoms with Crippen molar-refractivity contribution in [1.82, 2.24) is 9.62 Å². The fraction of sp³-hybridized carbons (Fsp3) is 0.562. The summed E-state index contributed by atoms with van der Waals surface area (Å²) in [6.07, 6.45) is 2.77. The summed E-state index contributed by atoms with van der Waals surface area (Å²) in [7, 11) is 0.522. The van der Waals surface area contributed by atoms with Gasteiger partial charge in [-0.15, -0.1) is 12.4 Å². The average Bonchev–Trinajstić information content (AvgIpc) is 2.57. The van der Waals surface area contributed by atoms with Crippen LogP contribution in [0.4, 0.5) is 0 Å². The lowest BCUT2D eigenvalue weighted by Crippen LogP contribution is -2.40. The van der Waals surface area contributed by atoms with Crippen molar-refractivity contribution in [3.63, 3.8) is 0 Å². The van der Waals surface area contributed by atoms with Gasteiger partial charge in [-0.05, 0) is 24.6 Å². The molecule has 0 bridgehead atoms. The van der Waals surface area contributed by atoms with Gasteiger partial charge < -0.3 is 15.8 Å². The largest absolute Gasteiger partial charge is 0.495 e. The predicted molar refractivity (Wildman–Crippen MR) is 101 cm³/mol. The van der Waals surface area contributed by atoms with Gasteiger partial charge in [0.2, 0.25) is 10.0 Å². The molecule has 0 saturated heterocycles. The van der Waals surface area contributed by atoms with E-state index in [2.05, 4.69) is 12.2 Å². The van der Waals surface area contributed by atoms with Crippen LogP contribution >= 0.6 is 12.4 Å². The van der Waals surface area contributed by atoms with Gasteiger partial charge in [-0.25, -0.2) is 12.7 Å². The summed E-state index contributed by atoms with van der Waals surface area (Å²) in [6.45, 7) is 2.40. The molecule has 0 fully saturated rings. The maximum absolute atomic E-state index is 12.4. The molecule has 0 aliphatic heterocycles. The molecular formula is C16H28ClN3O4S. The zero-order chi connectivity index (χ0) is 18.3. The van der Waals surface area contributed by atoms with E-state index >= 15 is 0 Å². The Morgan fingerprint density at radius 3 is 2.48 bits per heavy atom. The van der Waals surface area contributed by atoms with Crippen LogP contribution in [0.3, 0.4) is 0 Å². The second kappa shape index (κ2) is 10.6. The molecule has 7 nitrogen and oxygen atoms in total. The number of nitrogens with one attached hydrogen (secondary N) is 1. The van der Waals surface area contributed by atoms with Crippen molar-refractivity contribution in [2.24, 2.45) is 5.73 Å². The summed E-state index contributed by atoms with van der Waals surface area (Å²) in [5, 5.41) is 2.85. The quantitative estimate of drug-likeness (QED) is 0.663. The van der Waals surface area contributed by atoms with Crippen LogP contribution < -0.4 is 15.8 Å². The Labute approximate surface area is 156 Å².